The Bertz CT molecular complexity index is 611. The number of aromatic nitrogens is 2. The molecule has 158 valence electrons. The predicted molar refractivity (Wildman–Crippen MR) is 118 cm³/mol. The van der Waals surface area contributed by atoms with Crippen molar-refractivity contribution in [2.24, 2.45) is 4.99 Å². The molecule has 2 aliphatic rings. The molecule has 1 aromatic rings. The number of guanidine groups is 1. The van der Waals surface area contributed by atoms with Crippen molar-refractivity contribution in [3.05, 3.63) is 5.82 Å². The highest BCUT2D eigenvalue weighted by Gasteiger charge is 2.22. The fourth-order valence-corrected chi connectivity index (χ4v) is 4.59. The summed E-state index contributed by atoms with van der Waals surface area (Å²) in [4.78, 5) is 18.9. The molecule has 0 aromatic carbocycles. The summed E-state index contributed by atoms with van der Waals surface area (Å²) in [6.07, 6.45) is 3.35. The van der Waals surface area contributed by atoms with Crippen LogP contribution in [0.1, 0.15) is 25.6 Å². The van der Waals surface area contributed by atoms with E-state index in [4.69, 9.17) is 0 Å². The van der Waals surface area contributed by atoms with Crippen LogP contribution < -0.4 is 10.2 Å². The smallest absolute Gasteiger partial charge is 0.205 e. The summed E-state index contributed by atoms with van der Waals surface area (Å²) in [7, 11) is 4.11. The second-order valence-corrected chi connectivity index (χ2v) is 8.38. The Morgan fingerprint density at radius 1 is 1.11 bits per heavy atom. The second-order valence-electron chi connectivity index (χ2n) is 7.65. The molecule has 3 rings (SSSR count). The van der Waals surface area contributed by atoms with Crippen LogP contribution in [0.4, 0.5) is 5.13 Å². The summed E-state index contributed by atoms with van der Waals surface area (Å²) in [5.41, 5.74) is 0. The maximum absolute atomic E-state index is 4.62. The van der Waals surface area contributed by atoms with Crippen LogP contribution in [0.15, 0.2) is 4.99 Å². The molecule has 1 N–H and O–H groups in total. The van der Waals surface area contributed by atoms with E-state index in [1.54, 1.807) is 0 Å². The molecule has 9 heteroatoms. The molecule has 0 unspecified atom stereocenters. The van der Waals surface area contributed by atoms with E-state index in [-0.39, 0.29) is 0 Å². The van der Waals surface area contributed by atoms with Crippen molar-refractivity contribution >= 4 is 22.6 Å². The van der Waals surface area contributed by atoms with Gasteiger partial charge in [0.15, 0.2) is 5.96 Å². The summed E-state index contributed by atoms with van der Waals surface area (Å²) >= 11 is 1.52. The Hall–Kier alpha value is -1.45. The molecule has 2 aliphatic heterocycles. The van der Waals surface area contributed by atoms with Gasteiger partial charge in [0.1, 0.15) is 5.82 Å². The largest absolute Gasteiger partial charge is 0.356 e. The van der Waals surface area contributed by atoms with E-state index in [9.17, 15) is 0 Å². The van der Waals surface area contributed by atoms with Crippen molar-refractivity contribution in [3.8, 4) is 0 Å². The topological polar surface area (TPSA) is 63.1 Å². The molecule has 0 bridgehead atoms. The molecule has 0 radical (unpaired) electrons. The zero-order valence-electron chi connectivity index (χ0n) is 17.7. The SMILES string of the molecule is CCc1nsc(N2CCN(C(=NC)NCCCN3CCCN(C)CC3)CC2)n1. The summed E-state index contributed by atoms with van der Waals surface area (Å²) in [6, 6.07) is 0. The Balaban J connectivity index is 1.36. The Kier molecular flexibility index (Phi) is 8.29. The fraction of sp³-hybridized carbons (Fsp3) is 0.842. The van der Waals surface area contributed by atoms with Crippen LogP contribution in [0.3, 0.4) is 0 Å². The van der Waals surface area contributed by atoms with Gasteiger partial charge in [0.05, 0.1) is 0 Å². The third-order valence-electron chi connectivity index (χ3n) is 5.58. The molecule has 0 amide bonds. The van der Waals surface area contributed by atoms with Crippen LogP contribution in [0.25, 0.3) is 0 Å². The minimum atomic E-state index is 0.904. The molecular formula is C19H36N8S. The average Bonchev–Trinajstić information content (AvgIpc) is 3.11. The highest BCUT2D eigenvalue weighted by atomic mass is 32.1. The first-order valence-electron chi connectivity index (χ1n) is 10.6. The Labute approximate surface area is 173 Å². The molecule has 0 saturated carbocycles. The summed E-state index contributed by atoms with van der Waals surface area (Å²) < 4.78 is 4.41. The van der Waals surface area contributed by atoms with Gasteiger partial charge in [0.2, 0.25) is 5.13 Å². The molecule has 2 saturated heterocycles. The Morgan fingerprint density at radius 3 is 2.64 bits per heavy atom. The predicted octanol–water partition coefficient (Wildman–Crippen LogP) is 0.826. The highest BCUT2D eigenvalue weighted by Crippen LogP contribution is 2.19. The third-order valence-corrected chi connectivity index (χ3v) is 6.40. The fourth-order valence-electron chi connectivity index (χ4n) is 3.79. The first-order valence-corrected chi connectivity index (χ1v) is 11.4. The van der Waals surface area contributed by atoms with Crippen molar-refractivity contribution < 1.29 is 0 Å². The number of nitrogens with zero attached hydrogens (tertiary/aromatic N) is 7. The molecule has 8 nitrogen and oxygen atoms in total. The van der Waals surface area contributed by atoms with Crippen molar-refractivity contribution in [2.75, 3.05) is 84.4 Å². The number of nitrogens with one attached hydrogen (secondary N) is 1. The van der Waals surface area contributed by atoms with Crippen LogP contribution >= 0.6 is 11.5 Å². The standard InChI is InChI=1S/C19H36N8S/c1-4-17-22-19(28-23-17)27-15-13-26(14-16-27)18(20-2)21-7-5-9-25-10-6-8-24(3)11-12-25/h4-16H2,1-3H3,(H,20,21). The molecule has 28 heavy (non-hydrogen) atoms. The second kappa shape index (κ2) is 10.9. The number of hydrogen-bond donors (Lipinski definition) is 1. The normalized spacial score (nSPS) is 20.5. The van der Waals surface area contributed by atoms with Gasteiger partial charge < -0.3 is 24.9 Å². The van der Waals surface area contributed by atoms with Crippen LogP contribution in [-0.4, -0.2) is 110 Å². The number of anilines is 1. The molecule has 1 aromatic heterocycles. The van der Waals surface area contributed by atoms with Gasteiger partial charge in [-0.1, -0.05) is 6.92 Å². The van der Waals surface area contributed by atoms with Crippen molar-refractivity contribution in [1.29, 1.82) is 0 Å². The van der Waals surface area contributed by atoms with E-state index in [0.29, 0.717) is 0 Å². The van der Waals surface area contributed by atoms with Gasteiger partial charge in [-0.25, -0.2) is 4.98 Å². The number of rotatable bonds is 6. The maximum atomic E-state index is 4.62. The summed E-state index contributed by atoms with van der Waals surface area (Å²) in [5.74, 6) is 1.98. The van der Waals surface area contributed by atoms with Gasteiger partial charge in [0, 0.05) is 70.8 Å². The van der Waals surface area contributed by atoms with Crippen LogP contribution in [0.5, 0.6) is 0 Å². The lowest BCUT2D eigenvalue weighted by molar-refractivity contribution is 0.273. The Morgan fingerprint density at radius 2 is 1.93 bits per heavy atom. The zero-order valence-corrected chi connectivity index (χ0v) is 18.5. The van der Waals surface area contributed by atoms with E-state index in [2.05, 4.69) is 53.2 Å². The van der Waals surface area contributed by atoms with Gasteiger partial charge >= 0.3 is 0 Å². The third kappa shape index (κ3) is 6.02. The van der Waals surface area contributed by atoms with Gasteiger partial charge in [-0.15, -0.1) is 0 Å². The number of likely N-dealkylation sites (N-methyl/N-ethyl adjacent to an activating group) is 1. The average molecular weight is 409 g/mol. The van der Waals surface area contributed by atoms with E-state index >= 15 is 0 Å². The first-order chi connectivity index (χ1) is 13.7. The van der Waals surface area contributed by atoms with Crippen molar-refractivity contribution in [3.63, 3.8) is 0 Å². The minimum Gasteiger partial charge on any atom is -0.356 e. The highest BCUT2D eigenvalue weighted by molar-refractivity contribution is 7.09. The van der Waals surface area contributed by atoms with E-state index in [1.807, 2.05) is 7.05 Å². The molecule has 0 aliphatic carbocycles. The molecular weight excluding hydrogens is 372 g/mol. The first kappa shape index (κ1) is 21.3. The number of hydrogen-bond acceptors (Lipinski definition) is 7. The number of aryl methyl sites for hydroxylation is 1. The molecule has 2 fully saturated rings. The van der Waals surface area contributed by atoms with Crippen molar-refractivity contribution in [1.82, 2.24) is 29.4 Å². The van der Waals surface area contributed by atoms with E-state index < -0.39 is 0 Å². The zero-order chi connectivity index (χ0) is 19.8. The monoisotopic (exact) mass is 408 g/mol. The van der Waals surface area contributed by atoms with Gasteiger partial charge in [0.25, 0.3) is 0 Å². The summed E-state index contributed by atoms with van der Waals surface area (Å²) in [6.45, 7) is 13.0. The minimum absolute atomic E-state index is 0.904. The van der Waals surface area contributed by atoms with Gasteiger partial charge in [-0.2, -0.15) is 4.37 Å². The van der Waals surface area contributed by atoms with Crippen LogP contribution in [0, 0.1) is 0 Å². The lowest BCUT2D eigenvalue weighted by Gasteiger charge is -2.36. The van der Waals surface area contributed by atoms with Crippen LogP contribution in [0.2, 0.25) is 0 Å². The maximum Gasteiger partial charge on any atom is 0.205 e. The molecule has 0 atom stereocenters. The van der Waals surface area contributed by atoms with E-state index in [1.165, 1.54) is 50.7 Å². The molecule has 0 spiro atoms. The lowest BCUT2D eigenvalue weighted by Crippen LogP contribution is -2.52. The quantitative estimate of drug-likeness (QED) is 0.425. The van der Waals surface area contributed by atoms with Gasteiger partial charge in [-0.05, 0) is 39.5 Å². The van der Waals surface area contributed by atoms with Gasteiger partial charge in [-0.3, -0.25) is 4.99 Å². The number of aliphatic imine (C=N–C) groups is 1. The lowest BCUT2D eigenvalue weighted by atomic mass is 10.3. The number of piperazine rings is 1. The van der Waals surface area contributed by atoms with Crippen LogP contribution in [-0.2, 0) is 6.42 Å². The summed E-state index contributed by atoms with van der Waals surface area (Å²) in [5, 5.41) is 4.62. The van der Waals surface area contributed by atoms with E-state index in [0.717, 1.165) is 62.5 Å². The van der Waals surface area contributed by atoms with Crippen molar-refractivity contribution in [2.45, 2.75) is 26.2 Å². The molecule has 3 heterocycles.